The van der Waals surface area contributed by atoms with Crippen LogP contribution in [0.25, 0.3) is 17.1 Å². The van der Waals surface area contributed by atoms with Crippen LogP contribution in [0, 0.1) is 12.8 Å². The number of benzene rings is 2. The number of carboxylic acid groups (broad SMARTS) is 1. The third-order valence-corrected chi connectivity index (χ3v) is 9.77. The Bertz CT molecular complexity index is 1730. The van der Waals surface area contributed by atoms with Gasteiger partial charge in [0.05, 0.1) is 11.3 Å². The zero-order valence-electron chi connectivity index (χ0n) is 25.5. The van der Waals surface area contributed by atoms with E-state index >= 15 is 0 Å². The predicted octanol–water partition coefficient (Wildman–Crippen LogP) is 7.29. The van der Waals surface area contributed by atoms with Gasteiger partial charge in [-0.1, -0.05) is 37.3 Å². The van der Waals surface area contributed by atoms with Crippen LogP contribution in [0.4, 0.5) is 0 Å². The second kappa shape index (κ2) is 11.6. The summed E-state index contributed by atoms with van der Waals surface area (Å²) in [5, 5.41) is 9.51. The number of carbonyl (C=O) groups is 2. The van der Waals surface area contributed by atoms with Crippen LogP contribution in [0.2, 0.25) is 0 Å². The third-order valence-electron chi connectivity index (χ3n) is 9.77. The molecule has 1 atom stereocenters. The minimum atomic E-state index is -0.941. The molecule has 1 aliphatic heterocycles. The molecular formula is C37H39N3O4. The highest BCUT2D eigenvalue weighted by atomic mass is 16.5. The van der Waals surface area contributed by atoms with Gasteiger partial charge in [0.2, 0.25) is 5.91 Å². The second-order valence-electron chi connectivity index (χ2n) is 12.5. The number of carboxylic acids is 1. The van der Waals surface area contributed by atoms with Crippen molar-refractivity contribution in [1.29, 1.82) is 0 Å². The summed E-state index contributed by atoms with van der Waals surface area (Å²) < 4.78 is 8.57. The first-order valence-corrected chi connectivity index (χ1v) is 16.0. The van der Waals surface area contributed by atoms with Crippen molar-refractivity contribution < 1.29 is 19.4 Å². The number of hydrogen-bond acceptors (Lipinski definition) is 4. The van der Waals surface area contributed by atoms with Crippen molar-refractivity contribution in [2.75, 3.05) is 13.1 Å². The van der Waals surface area contributed by atoms with Gasteiger partial charge in [0.15, 0.2) is 0 Å². The van der Waals surface area contributed by atoms with E-state index in [0.717, 1.165) is 75.0 Å². The number of pyridine rings is 1. The van der Waals surface area contributed by atoms with Gasteiger partial charge in [-0.2, -0.15) is 0 Å². The van der Waals surface area contributed by atoms with Crippen molar-refractivity contribution >= 4 is 11.9 Å². The maximum absolute atomic E-state index is 12.5. The Morgan fingerprint density at radius 3 is 2.50 bits per heavy atom. The number of aryl methyl sites for hydroxylation is 2. The fraction of sp³-hybridized carbons (Fsp3) is 0.378. The quantitative estimate of drug-likeness (QED) is 0.233. The van der Waals surface area contributed by atoms with Gasteiger partial charge in [0, 0.05) is 42.0 Å². The molecule has 1 N–H and O–H groups in total. The van der Waals surface area contributed by atoms with Crippen molar-refractivity contribution in [2.24, 2.45) is 5.92 Å². The fourth-order valence-corrected chi connectivity index (χ4v) is 7.20. The number of piperidine rings is 1. The predicted molar refractivity (Wildman–Crippen MR) is 169 cm³/mol. The van der Waals surface area contributed by atoms with E-state index in [0.29, 0.717) is 29.3 Å². The summed E-state index contributed by atoms with van der Waals surface area (Å²) in [5.41, 5.74) is 8.02. The Hall–Kier alpha value is -4.39. The van der Waals surface area contributed by atoms with E-state index in [2.05, 4.69) is 48.2 Å². The number of carbonyl (C=O) groups excluding carboxylic acids is 1. The molecule has 2 aliphatic carbocycles. The maximum atomic E-state index is 12.5. The first-order chi connectivity index (χ1) is 21.4. The fourth-order valence-electron chi connectivity index (χ4n) is 7.20. The average Bonchev–Trinajstić information content (AvgIpc) is 3.71. The van der Waals surface area contributed by atoms with Crippen molar-refractivity contribution in [2.45, 2.75) is 70.8 Å². The molecule has 0 spiro atoms. The van der Waals surface area contributed by atoms with Gasteiger partial charge < -0.3 is 19.3 Å². The Balaban J connectivity index is 1.12. The van der Waals surface area contributed by atoms with Crippen molar-refractivity contribution in [3.8, 4) is 22.8 Å². The summed E-state index contributed by atoms with van der Waals surface area (Å²) in [5.74, 6) is 1.79. The first-order valence-electron chi connectivity index (χ1n) is 16.0. The molecule has 1 saturated heterocycles. The average molecular weight is 590 g/mol. The van der Waals surface area contributed by atoms with E-state index in [4.69, 9.17) is 9.72 Å². The summed E-state index contributed by atoms with van der Waals surface area (Å²) in [4.78, 5) is 31.2. The molecule has 2 fully saturated rings. The number of amides is 1. The highest BCUT2D eigenvalue weighted by Crippen LogP contribution is 2.42. The molecule has 226 valence electrons. The second-order valence-corrected chi connectivity index (χ2v) is 12.5. The molecule has 0 unspecified atom stereocenters. The zero-order chi connectivity index (χ0) is 30.4. The molecule has 1 amide bonds. The summed E-state index contributed by atoms with van der Waals surface area (Å²) in [7, 11) is 0. The van der Waals surface area contributed by atoms with Crippen molar-refractivity contribution in [1.82, 2.24) is 14.5 Å². The molecule has 0 bridgehead atoms. The molecule has 1 saturated carbocycles. The van der Waals surface area contributed by atoms with E-state index in [1.807, 2.05) is 22.8 Å². The van der Waals surface area contributed by atoms with Gasteiger partial charge >= 0.3 is 5.97 Å². The van der Waals surface area contributed by atoms with Gasteiger partial charge in [-0.3, -0.25) is 4.79 Å². The highest BCUT2D eigenvalue weighted by Gasteiger charge is 2.35. The number of fused-ring (bicyclic) bond motifs is 1. The van der Waals surface area contributed by atoms with Gasteiger partial charge in [0.1, 0.15) is 17.7 Å². The normalized spacial score (nSPS) is 18.3. The molecular weight excluding hydrogens is 550 g/mol. The number of aromatic nitrogens is 2. The smallest absolute Gasteiger partial charge is 0.337 e. The lowest BCUT2D eigenvalue weighted by molar-refractivity contribution is -0.133. The molecule has 3 heterocycles. The summed E-state index contributed by atoms with van der Waals surface area (Å²) in [6.07, 6.45) is 8.67. The first kappa shape index (κ1) is 28.4. The largest absolute Gasteiger partial charge is 0.486 e. The van der Waals surface area contributed by atoms with Crippen LogP contribution in [-0.2, 0) is 17.6 Å². The topological polar surface area (TPSA) is 84.7 Å². The lowest BCUT2D eigenvalue weighted by Gasteiger charge is -2.33. The van der Waals surface area contributed by atoms with Crippen LogP contribution in [0.1, 0.15) is 89.4 Å². The Kier molecular flexibility index (Phi) is 7.48. The standard InChI is InChI=1S/C37H39N3O4/c1-3-24-22-28(13-14-30(24)25-16-19-39(20-17-25)36(41)27-10-11-27)44-33-15-12-26-6-4-7-31(35(26)33)32-8-5-9-34(38-32)40-21-18-29(23(40)2)37(42)43/h4-9,13-14,18,21-22,25,27,33H,3,10-12,15-17,19-20H2,1-2H3,(H,42,43)/t33-/m0/s1. The van der Waals surface area contributed by atoms with E-state index in [-0.39, 0.29) is 11.7 Å². The van der Waals surface area contributed by atoms with E-state index in [9.17, 15) is 14.7 Å². The van der Waals surface area contributed by atoms with Crippen LogP contribution in [-0.4, -0.2) is 44.5 Å². The van der Waals surface area contributed by atoms with E-state index < -0.39 is 5.97 Å². The van der Waals surface area contributed by atoms with Gasteiger partial charge in [-0.15, -0.1) is 0 Å². The van der Waals surface area contributed by atoms with Crippen LogP contribution in [0.5, 0.6) is 5.75 Å². The number of aromatic carboxylic acids is 1. The van der Waals surface area contributed by atoms with Crippen LogP contribution in [0.3, 0.4) is 0 Å². The minimum absolute atomic E-state index is 0.0779. The maximum Gasteiger partial charge on any atom is 0.337 e. The van der Waals surface area contributed by atoms with Crippen LogP contribution < -0.4 is 4.74 Å². The monoisotopic (exact) mass is 589 g/mol. The van der Waals surface area contributed by atoms with Gasteiger partial charge in [-0.05, 0) is 105 Å². The Morgan fingerprint density at radius 1 is 0.977 bits per heavy atom. The lowest BCUT2D eigenvalue weighted by atomic mass is 9.85. The summed E-state index contributed by atoms with van der Waals surface area (Å²) in [6.45, 7) is 5.74. The van der Waals surface area contributed by atoms with Crippen LogP contribution in [0.15, 0.2) is 66.9 Å². The number of ether oxygens (including phenoxy) is 1. The van der Waals surface area contributed by atoms with Crippen LogP contribution >= 0.6 is 0 Å². The SMILES string of the molecule is CCc1cc(O[C@H]2CCc3cccc(-c4cccc(-n5ccc(C(=O)O)c5C)n4)c32)ccc1C1CCN(C(=O)C2CC2)CC1. The zero-order valence-corrected chi connectivity index (χ0v) is 25.5. The van der Waals surface area contributed by atoms with Crippen molar-refractivity contribution in [3.63, 3.8) is 0 Å². The van der Waals surface area contributed by atoms with Gasteiger partial charge in [-0.25, -0.2) is 9.78 Å². The molecule has 4 aromatic rings. The van der Waals surface area contributed by atoms with E-state index in [1.54, 1.807) is 19.2 Å². The number of hydrogen-bond donors (Lipinski definition) is 1. The molecule has 7 nitrogen and oxygen atoms in total. The summed E-state index contributed by atoms with van der Waals surface area (Å²) >= 11 is 0. The molecule has 3 aliphatic rings. The summed E-state index contributed by atoms with van der Waals surface area (Å²) in [6, 6.07) is 20.5. The third kappa shape index (κ3) is 5.29. The van der Waals surface area contributed by atoms with E-state index in [1.165, 1.54) is 22.3 Å². The lowest BCUT2D eigenvalue weighted by Crippen LogP contribution is -2.38. The highest BCUT2D eigenvalue weighted by molar-refractivity contribution is 5.89. The molecule has 7 rings (SSSR count). The Labute approximate surface area is 258 Å². The number of rotatable bonds is 8. The number of nitrogens with zero attached hydrogens (tertiary/aromatic N) is 3. The molecule has 2 aromatic carbocycles. The minimum Gasteiger partial charge on any atom is -0.486 e. The molecule has 0 radical (unpaired) electrons. The number of likely N-dealkylation sites (tertiary alicyclic amines) is 1. The van der Waals surface area contributed by atoms with Crippen molar-refractivity contribution in [3.05, 3.63) is 100 Å². The molecule has 44 heavy (non-hydrogen) atoms. The molecule has 7 heteroatoms. The Morgan fingerprint density at radius 2 is 1.77 bits per heavy atom. The molecule has 2 aromatic heterocycles. The van der Waals surface area contributed by atoms with Gasteiger partial charge in [0.25, 0.3) is 0 Å².